The van der Waals surface area contributed by atoms with Gasteiger partial charge in [-0.05, 0) is 44.8 Å². The van der Waals surface area contributed by atoms with Crippen molar-refractivity contribution in [3.63, 3.8) is 0 Å². The monoisotopic (exact) mass is 576 g/mol. The van der Waals surface area contributed by atoms with Gasteiger partial charge in [-0.15, -0.1) is 0 Å². The molecular formula is C31H44O10. The standard InChI is InChI=1S/C31H44O10/c1-15-19(34)13-31(38)26(40-27(37)18-10-8-7-9-11-18)24-29(6,25(36)22(16(2)32)23(15)28(31,4)5)20(35)12-21-30(24,14-39-21)41-17(3)33/h18-22,24,26,34-35,38H,7-14H2,1-6H3/t19?,20?,21?,22?,24?,26?,29-,30+,31?/m1/s1. The molecule has 3 saturated carbocycles. The van der Waals surface area contributed by atoms with E-state index in [1.807, 2.05) is 0 Å². The third kappa shape index (κ3) is 4.11. The van der Waals surface area contributed by atoms with Gasteiger partial charge in [-0.2, -0.15) is 0 Å². The molecule has 10 heteroatoms. The number of carbonyl (C=O) groups is 4. The second-order valence-corrected chi connectivity index (χ2v) is 13.8. The summed E-state index contributed by atoms with van der Waals surface area (Å²) in [7, 11) is 0. The summed E-state index contributed by atoms with van der Waals surface area (Å²) in [4.78, 5) is 54.5. The van der Waals surface area contributed by atoms with Crippen molar-refractivity contribution in [3.8, 4) is 0 Å². The van der Waals surface area contributed by atoms with E-state index in [-0.39, 0.29) is 25.0 Å². The minimum Gasteiger partial charge on any atom is -0.459 e. The maximum atomic E-state index is 14.8. The highest BCUT2D eigenvalue weighted by atomic mass is 16.6. The maximum absolute atomic E-state index is 14.8. The highest BCUT2D eigenvalue weighted by Crippen LogP contribution is 2.65. The van der Waals surface area contributed by atoms with E-state index in [1.54, 1.807) is 20.8 Å². The molecule has 5 aliphatic rings. The molecule has 0 aromatic heterocycles. The lowest BCUT2D eigenvalue weighted by Crippen LogP contribution is -2.81. The summed E-state index contributed by atoms with van der Waals surface area (Å²) in [5.74, 6) is -5.35. The maximum Gasteiger partial charge on any atom is 0.309 e. The first-order valence-corrected chi connectivity index (χ1v) is 14.9. The molecule has 2 bridgehead atoms. The van der Waals surface area contributed by atoms with Crippen LogP contribution in [0.5, 0.6) is 0 Å². The fraction of sp³-hybridized carbons (Fsp3) is 0.806. The van der Waals surface area contributed by atoms with Crippen LogP contribution in [0.1, 0.15) is 86.5 Å². The molecule has 4 aliphatic carbocycles. The van der Waals surface area contributed by atoms with Gasteiger partial charge in [-0.1, -0.05) is 33.1 Å². The minimum atomic E-state index is -2.00. The molecule has 1 aliphatic heterocycles. The second-order valence-electron chi connectivity index (χ2n) is 13.8. The Morgan fingerprint density at radius 2 is 1.66 bits per heavy atom. The molecule has 5 rings (SSSR count). The molecule has 0 amide bonds. The van der Waals surface area contributed by atoms with Crippen LogP contribution in [0.25, 0.3) is 0 Å². The van der Waals surface area contributed by atoms with E-state index in [4.69, 9.17) is 14.2 Å². The van der Waals surface area contributed by atoms with Gasteiger partial charge < -0.3 is 29.5 Å². The third-order valence-electron chi connectivity index (χ3n) is 11.3. The number of Topliss-reactive ketones (excluding diaryl/α,β-unsaturated/α-hetero) is 2. The lowest BCUT2D eigenvalue weighted by atomic mass is 9.43. The SMILES string of the molecule is CC(=O)O[C@@]12COC1CC(O)[C@@]1(C)C(=O)C(C(C)=O)C3=C(C)C(O)CC(O)(C(OC(=O)C4CCCCC4)C21)C3(C)C. The molecule has 10 nitrogen and oxygen atoms in total. The number of ether oxygens (including phenoxy) is 3. The number of fused-ring (bicyclic) bond motifs is 5. The second kappa shape index (κ2) is 9.96. The first-order chi connectivity index (χ1) is 19.0. The highest BCUT2D eigenvalue weighted by Gasteiger charge is 2.78. The van der Waals surface area contributed by atoms with Crippen molar-refractivity contribution in [1.82, 2.24) is 0 Å². The molecule has 7 unspecified atom stereocenters. The van der Waals surface area contributed by atoms with Crippen molar-refractivity contribution in [2.75, 3.05) is 6.61 Å². The highest BCUT2D eigenvalue weighted by molar-refractivity contribution is 6.08. The fourth-order valence-electron chi connectivity index (χ4n) is 8.90. The molecule has 0 spiro atoms. The quantitative estimate of drug-likeness (QED) is 0.257. The largest absolute Gasteiger partial charge is 0.459 e. The smallest absolute Gasteiger partial charge is 0.309 e. The lowest BCUT2D eigenvalue weighted by molar-refractivity contribution is -0.347. The van der Waals surface area contributed by atoms with Crippen LogP contribution in [-0.4, -0.2) is 81.0 Å². The van der Waals surface area contributed by atoms with Crippen molar-refractivity contribution in [3.05, 3.63) is 11.1 Å². The molecule has 1 heterocycles. The average Bonchev–Trinajstić information content (AvgIpc) is 2.89. The minimum absolute atomic E-state index is 0.0532. The van der Waals surface area contributed by atoms with Crippen molar-refractivity contribution < 1.29 is 48.7 Å². The Labute approximate surface area is 240 Å². The van der Waals surface area contributed by atoms with E-state index >= 15 is 0 Å². The molecule has 0 aromatic rings. The lowest BCUT2D eigenvalue weighted by Gasteiger charge is -2.67. The van der Waals surface area contributed by atoms with E-state index < -0.39 is 87.7 Å². The number of hydrogen-bond acceptors (Lipinski definition) is 10. The van der Waals surface area contributed by atoms with Crippen molar-refractivity contribution in [2.24, 2.45) is 28.6 Å². The van der Waals surface area contributed by atoms with Crippen molar-refractivity contribution >= 4 is 23.5 Å². The van der Waals surface area contributed by atoms with Crippen molar-refractivity contribution in [2.45, 2.75) is 122 Å². The Kier molecular flexibility index (Phi) is 7.37. The Hall–Kier alpha value is -2.14. The number of hydrogen-bond donors (Lipinski definition) is 3. The summed E-state index contributed by atoms with van der Waals surface area (Å²) in [6.45, 7) is 8.92. The molecule has 0 aromatic carbocycles. The summed E-state index contributed by atoms with van der Waals surface area (Å²) in [6.07, 6.45) is -1.23. The van der Waals surface area contributed by atoms with Crippen LogP contribution in [-0.2, 0) is 33.4 Å². The van der Waals surface area contributed by atoms with Crippen LogP contribution in [0.2, 0.25) is 0 Å². The van der Waals surface area contributed by atoms with E-state index in [1.165, 1.54) is 20.8 Å². The van der Waals surface area contributed by atoms with E-state index in [0.717, 1.165) is 19.3 Å². The first-order valence-electron chi connectivity index (χ1n) is 14.9. The van der Waals surface area contributed by atoms with Gasteiger partial charge in [0.2, 0.25) is 0 Å². The Morgan fingerprint density at radius 3 is 2.20 bits per heavy atom. The summed E-state index contributed by atoms with van der Waals surface area (Å²) >= 11 is 0. The van der Waals surface area contributed by atoms with Gasteiger partial charge in [0, 0.05) is 25.2 Å². The number of ketones is 2. The number of carbonyl (C=O) groups excluding carboxylic acids is 4. The zero-order valence-corrected chi connectivity index (χ0v) is 24.9. The van der Waals surface area contributed by atoms with Gasteiger partial charge in [0.15, 0.2) is 11.4 Å². The number of aliphatic hydroxyl groups excluding tert-OH is 2. The van der Waals surface area contributed by atoms with Crippen LogP contribution in [0.3, 0.4) is 0 Å². The number of rotatable bonds is 4. The molecule has 41 heavy (non-hydrogen) atoms. The molecule has 9 atom stereocenters. The van der Waals surface area contributed by atoms with Gasteiger partial charge in [-0.3, -0.25) is 19.2 Å². The van der Waals surface area contributed by atoms with Crippen LogP contribution in [0, 0.1) is 28.6 Å². The van der Waals surface area contributed by atoms with Gasteiger partial charge in [0.05, 0.1) is 42.0 Å². The first kappa shape index (κ1) is 30.3. The third-order valence-corrected chi connectivity index (χ3v) is 11.3. The zero-order valence-electron chi connectivity index (χ0n) is 24.9. The molecule has 228 valence electrons. The average molecular weight is 577 g/mol. The van der Waals surface area contributed by atoms with Crippen LogP contribution in [0.15, 0.2) is 11.1 Å². The molecular weight excluding hydrogens is 532 g/mol. The molecule has 3 N–H and O–H groups in total. The summed E-state index contributed by atoms with van der Waals surface area (Å²) < 4.78 is 18.1. The molecule has 0 radical (unpaired) electrons. The van der Waals surface area contributed by atoms with Gasteiger partial charge >= 0.3 is 11.9 Å². The number of aliphatic hydroxyl groups is 3. The van der Waals surface area contributed by atoms with E-state index in [9.17, 15) is 34.5 Å². The fourth-order valence-corrected chi connectivity index (χ4v) is 8.90. The van der Waals surface area contributed by atoms with E-state index in [2.05, 4.69) is 0 Å². The predicted octanol–water partition coefficient (Wildman–Crippen LogP) is 2.19. The Balaban J connectivity index is 1.81. The Bertz CT molecular complexity index is 1180. The summed E-state index contributed by atoms with van der Waals surface area (Å²) in [5, 5.41) is 35.8. The van der Waals surface area contributed by atoms with Gasteiger partial charge in [0.1, 0.15) is 23.6 Å². The topological polar surface area (TPSA) is 157 Å². The normalized spacial score (nSPS) is 44.0. The van der Waals surface area contributed by atoms with Crippen LogP contribution >= 0.6 is 0 Å². The molecule has 1 saturated heterocycles. The zero-order chi connectivity index (χ0) is 30.3. The van der Waals surface area contributed by atoms with Crippen LogP contribution < -0.4 is 0 Å². The van der Waals surface area contributed by atoms with Crippen LogP contribution in [0.4, 0.5) is 0 Å². The molecule has 4 fully saturated rings. The predicted molar refractivity (Wildman–Crippen MR) is 144 cm³/mol. The number of esters is 2. The summed E-state index contributed by atoms with van der Waals surface area (Å²) in [5.41, 5.74) is -5.95. The van der Waals surface area contributed by atoms with Gasteiger partial charge in [0.25, 0.3) is 0 Å². The summed E-state index contributed by atoms with van der Waals surface area (Å²) in [6, 6.07) is 0. The Morgan fingerprint density at radius 1 is 1.02 bits per heavy atom. The van der Waals surface area contributed by atoms with Crippen molar-refractivity contribution in [1.29, 1.82) is 0 Å². The van der Waals surface area contributed by atoms with E-state index in [0.29, 0.717) is 18.4 Å². The van der Waals surface area contributed by atoms with Gasteiger partial charge in [-0.25, -0.2) is 0 Å².